The lowest BCUT2D eigenvalue weighted by atomic mass is 10.2. The van der Waals surface area contributed by atoms with Crippen LogP contribution in [0.1, 0.15) is 5.56 Å². The molecule has 2 rings (SSSR count). The molecule has 0 amide bonds. The average Bonchev–Trinajstić information content (AvgIpc) is 2.38. The lowest BCUT2D eigenvalue weighted by Crippen LogP contribution is -2.10. The van der Waals surface area contributed by atoms with Crippen molar-refractivity contribution in [1.82, 2.24) is 0 Å². The highest BCUT2D eigenvalue weighted by atomic mass is 35.5. The number of anilines is 2. The van der Waals surface area contributed by atoms with Crippen molar-refractivity contribution < 1.29 is 9.50 Å². The molecule has 2 aromatic carbocycles. The normalized spacial score (nSPS) is 10.4. The average molecular weight is 266 g/mol. The van der Waals surface area contributed by atoms with Crippen molar-refractivity contribution in [3.05, 3.63) is 58.9 Å². The molecule has 0 aliphatic heterocycles. The van der Waals surface area contributed by atoms with Gasteiger partial charge in [-0.1, -0.05) is 17.7 Å². The Balaban J connectivity index is 2.33. The zero-order valence-corrected chi connectivity index (χ0v) is 10.7. The third-order valence-electron chi connectivity index (χ3n) is 2.77. The number of nitrogens with zero attached hydrogens (tertiary/aromatic N) is 1. The molecule has 0 aromatic heterocycles. The molecule has 2 aromatic rings. The molecule has 4 heteroatoms. The summed E-state index contributed by atoms with van der Waals surface area (Å²) in [6, 6.07) is 11.5. The SMILES string of the molecule is CN(c1ccc(F)cc1)c1ccc(CO)cc1Cl. The van der Waals surface area contributed by atoms with E-state index in [-0.39, 0.29) is 12.4 Å². The molecular weight excluding hydrogens is 253 g/mol. The molecule has 18 heavy (non-hydrogen) atoms. The zero-order valence-electron chi connectivity index (χ0n) is 9.90. The summed E-state index contributed by atoms with van der Waals surface area (Å²) in [7, 11) is 1.85. The summed E-state index contributed by atoms with van der Waals surface area (Å²) in [4.78, 5) is 1.86. The second kappa shape index (κ2) is 5.38. The summed E-state index contributed by atoms with van der Waals surface area (Å²) >= 11 is 6.16. The molecule has 0 saturated carbocycles. The Hall–Kier alpha value is -1.58. The van der Waals surface area contributed by atoms with E-state index in [2.05, 4.69) is 0 Å². The minimum atomic E-state index is -0.270. The lowest BCUT2D eigenvalue weighted by molar-refractivity contribution is 0.282. The van der Waals surface area contributed by atoms with Crippen LogP contribution < -0.4 is 4.90 Å². The topological polar surface area (TPSA) is 23.5 Å². The van der Waals surface area contributed by atoms with E-state index < -0.39 is 0 Å². The van der Waals surface area contributed by atoms with E-state index in [1.807, 2.05) is 18.0 Å². The van der Waals surface area contributed by atoms with Crippen LogP contribution in [-0.2, 0) is 6.61 Å². The zero-order chi connectivity index (χ0) is 13.1. The maximum atomic E-state index is 12.9. The van der Waals surface area contributed by atoms with Crippen LogP contribution >= 0.6 is 11.6 Å². The van der Waals surface area contributed by atoms with Crippen LogP contribution in [0.2, 0.25) is 5.02 Å². The first-order valence-corrected chi connectivity index (χ1v) is 5.88. The molecule has 0 spiro atoms. The number of aliphatic hydroxyl groups excluding tert-OH is 1. The van der Waals surface area contributed by atoms with Gasteiger partial charge in [-0.15, -0.1) is 0 Å². The molecule has 94 valence electrons. The highest BCUT2D eigenvalue weighted by molar-refractivity contribution is 6.33. The standard InChI is InChI=1S/C14H13ClFNO/c1-17(12-5-3-11(16)4-6-12)14-7-2-10(9-18)8-13(14)15/h2-8,18H,9H2,1H3. The van der Waals surface area contributed by atoms with Crippen LogP contribution in [0.15, 0.2) is 42.5 Å². The van der Waals surface area contributed by atoms with Gasteiger partial charge < -0.3 is 10.0 Å². The number of benzene rings is 2. The van der Waals surface area contributed by atoms with Gasteiger partial charge in [0.15, 0.2) is 0 Å². The summed E-state index contributed by atoms with van der Waals surface area (Å²) < 4.78 is 12.9. The number of aliphatic hydroxyl groups is 1. The van der Waals surface area contributed by atoms with Crippen LogP contribution in [-0.4, -0.2) is 12.2 Å². The Morgan fingerprint density at radius 1 is 1.17 bits per heavy atom. The van der Waals surface area contributed by atoms with E-state index in [1.54, 1.807) is 24.3 Å². The maximum Gasteiger partial charge on any atom is 0.123 e. The summed E-state index contributed by atoms with van der Waals surface area (Å²) in [5, 5.41) is 9.57. The summed E-state index contributed by atoms with van der Waals surface area (Å²) in [5.74, 6) is -0.270. The Morgan fingerprint density at radius 3 is 2.39 bits per heavy atom. The largest absolute Gasteiger partial charge is 0.392 e. The molecule has 0 atom stereocenters. The molecule has 0 saturated heterocycles. The smallest absolute Gasteiger partial charge is 0.123 e. The van der Waals surface area contributed by atoms with Gasteiger partial charge in [-0.3, -0.25) is 0 Å². The molecule has 0 fully saturated rings. The van der Waals surface area contributed by atoms with Gasteiger partial charge in [-0.05, 0) is 42.0 Å². The van der Waals surface area contributed by atoms with Crippen molar-refractivity contribution in [2.75, 3.05) is 11.9 Å². The number of rotatable bonds is 3. The third kappa shape index (κ3) is 2.63. The minimum absolute atomic E-state index is 0.0414. The van der Waals surface area contributed by atoms with Gasteiger partial charge in [-0.25, -0.2) is 4.39 Å². The van der Waals surface area contributed by atoms with Gasteiger partial charge in [0.2, 0.25) is 0 Å². The van der Waals surface area contributed by atoms with E-state index in [0.717, 1.165) is 16.9 Å². The molecule has 0 bridgehead atoms. The lowest BCUT2D eigenvalue weighted by Gasteiger charge is -2.21. The fourth-order valence-electron chi connectivity index (χ4n) is 1.72. The van der Waals surface area contributed by atoms with E-state index in [9.17, 15) is 4.39 Å². The first kappa shape index (κ1) is 12.9. The number of halogens is 2. The molecule has 0 radical (unpaired) electrons. The Morgan fingerprint density at radius 2 is 1.83 bits per heavy atom. The molecule has 2 nitrogen and oxygen atoms in total. The number of hydrogen-bond donors (Lipinski definition) is 1. The van der Waals surface area contributed by atoms with Crippen LogP contribution in [0.3, 0.4) is 0 Å². The second-order valence-corrected chi connectivity index (χ2v) is 4.39. The van der Waals surface area contributed by atoms with Crippen LogP contribution in [0.5, 0.6) is 0 Å². The first-order chi connectivity index (χ1) is 8.61. The second-order valence-electron chi connectivity index (χ2n) is 3.98. The molecular formula is C14H13ClFNO. The quantitative estimate of drug-likeness (QED) is 0.914. The third-order valence-corrected chi connectivity index (χ3v) is 3.07. The minimum Gasteiger partial charge on any atom is -0.392 e. The first-order valence-electron chi connectivity index (χ1n) is 5.50. The van der Waals surface area contributed by atoms with Gasteiger partial charge in [0.05, 0.1) is 17.3 Å². The van der Waals surface area contributed by atoms with E-state index in [0.29, 0.717) is 5.02 Å². The molecule has 0 aliphatic rings. The number of hydrogen-bond acceptors (Lipinski definition) is 2. The van der Waals surface area contributed by atoms with Crippen molar-refractivity contribution in [3.8, 4) is 0 Å². The Labute approximate surface area is 110 Å². The Kier molecular flexibility index (Phi) is 3.84. The van der Waals surface area contributed by atoms with E-state index in [4.69, 9.17) is 16.7 Å². The highest BCUT2D eigenvalue weighted by Crippen LogP contribution is 2.31. The summed E-state index contributed by atoms with van der Waals surface area (Å²) in [6.07, 6.45) is 0. The van der Waals surface area contributed by atoms with Crippen molar-refractivity contribution in [3.63, 3.8) is 0 Å². The van der Waals surface area contributed by atoms with Crippen molar-refractivity contribution in [2.45, 2.75) is 6.61 Å². The van der Waals surface area contributed by atoms with Gasteiger partial charge in [0, 0.05) is 12.7 Å². The van der Waals surface area contributed by atoms with Crippen LogP contribution in [0.4, 0.5) is 15.8 Å². The van der Waals surface area contributed by atoms with Crippen molar-refractivity contribution in [1.29, 1.82) is 0 Å². The van der Waals surface area contributed by atoms with E-state index >= 15 is 0 Å². The van der Waals surface area contributed by atoms with Gasteiger partial charge in [0.1, 0.15) is 5.82 Å². The van der Waals surface area contributed by atoms with E-state index in [1.165, 1.54) is 12.1 Å². The molecule has 1 N–H and O–H groups in total. The predicted molar refractivity (Wildman–Crippen MR) is 71.8 cm³/mol. The Bertz CT molecular complexity index is 542. The fraction of sp³-hybridized carbons (Fsp3) is 0.143. The molecule has 0 aliphatic carbocycles. The molecule has 0 heterocycles. The highest BCUT2D eigenvalue weighted by Gasteiger charge is 2.08. The monoisotopic (exact) mass is 265 g/mol. The van der Waals surface area contributed by atoms with Crippen LogP contribution in [0, 0.1) is 5.82 Å². The van der Waals surface area contributed by atoms with Crippen molar-refractivity contribution >= 4 is 23.0 Å². The van der Waals surface area contributed by atoms with Crippen LogP contribution in [0.25, 0.3) is 0 Å². The summed E-state index contributed by atoms with van der Waals surface area (Å²) in [6.45, 7) is -0.0414. The van der Waals surface area contributed by atoms with Gasteiger partial charge in [-0.2, -0.15) is 0 Å². The fourth-order valence-corrected chi connectivity index (χ4v) is 2.05. The van der Waals surface area contributed by atoms with Gasteiger partial charge in [0.25, 0.3) is 0 Å². The predicted octanol–water partition coefficient (Wildman–Crippen LogP) is 3.74. The van der Waals surface area contributed by atoms with Gasteiger partial charge >= 0.3 is 0 Å². The maximum absolute atomic E-state index is 12.9. The molecule has 0 unspecified atom stereocenters. The summed E-state index contributed by atoms with van der Waals surface area (Å²) in [5.41, 5.74) is 2.41. The van der Waals surface area contributed by atoms with Crippen molar-refractivity contribution in [2.24, 2.45) is 0 Å².